The Morgan fingerprint density at radius 2 is 1.91 bits per heavy atom. The van der Waals surface area contributed by atoms with Crippen LogP contribution in [0.15, 0.2) is 35.6 Å². The van der Waals surface area contributed by atoms with Crippen LogP contribution in [0.3, 0.4) is 0 Å². The van der Waals surface area contributed by atoms with Gasteiger partial charge < -0.3 is 15.1 Å². The molecule has 122 valence electrons. The average molecular weight is 318 g/mol. The van der Waals surface area contributed by atoms with Crippen molar-refractivity contribution in [3.8, 4) is 11.5 Å². The summed E-state index contributed by atoms with van der Waals surface area (Å²) >= 11 is 0. The molecule has 2 aromatic rings. The Kier molecular flexibility index (Phi) is 4.54. The van der Waals surface area contributed by atoms with Gasteiger partial charge in [0.2, 0.25) is 0 Å². The Morgan fingerprint density at radius 1 is 1.22 bits per heavy atom. The van der Waals surface area contributed by atoms with Crippen LogP contribution in [0.1, 0.15) is 37.6 Å². The Bertz CT molecular complexity index is 752. The Balaban J connectivity index is 2.64. The Hall–Kier alpha value is -2.63. The summed E-state index contributed by atoms with van der Waals surface area (Å²) in [6, 6.07) is 5.41. The van der Waals surface area contributed by atoms with Crippen LogP contribution in [0.25, 0.3) is 0 Å². The third kappa shape index (κ3) is 3.97. The molecule has 0 aliphatic heterocycles. The number of halogens is 1. The number of aryl methyl sites for hydroxylation is 1. The summed E-state index contributed by atoms with van der Waals surface area (Å²) in [5, 5.41) is 24.2. The normalized spacial score (nSPS) is 12.3. The number of phenolic OH excluding ortho intramolecular Hbond substituents is 1. The van der Waals surface area contributed by atoms with E-state index in [4.69, 9.17) is 4.84 Å². The minimum atomic E-state index is -0.603. The SMILES string of the molecule is Cc1cc(O)c(C(=NOC(C)(C)C)c2ncccc2O)cc1F. The molecule has 0 saturated heterocycles. The van der Waals surface area contributed by atoms with Gasteiger partial charge in [-0.25, -0.2) is 4.39 Å². The van der Waals surface area contributed by atoms with E-state index in [0.29, 0.717) is 5.56 Å². The highest BCUT2D eigenvalue weighted by molar-refractivity contribution is 6.14. The molecule has 0 radical (unpaired) electrons. The molecule has 2 rings (SSSR count). The maximum Gasteiger partial charge on any atom is 0.143 e. The largest absolute Gasteiger partial charge is 0.507 e. The summed E-state index contributed by atoms with van der Waals surface area (Å²) in [7, 11) is 0. The van der Waals surface area contributed by atoms with Gasteiger partial charge in [0.25, 0.3) is 0 Å². The summed E-state index contributed by atoms with van der Waals surface area (Å²) in [6.45, 7) is 6.92. The van der Waals surface area contributed by atoms with Crippen molar-refractivity contribution < 1.29 is 19.4 Å². The zero-order chi connectivity index (χ0) is 17.2. The van der Waals surface area contributed by atoms with E-state index in [0.717, 1.165) is 6.07 Å². The maximum absolute atomic E-state index is 13.9. The molecule has 0 aliphatic rings. The second kappa shape index (κ2) is 6.24. The molecule has 0 amide bonds. The van der Waals surface area contributed by atoms with Gasteiger partial charge in [-0.3, -0.25) is 4.98 Å². The van der Waals surface area contributed by atoms with Gasteiger partial charge >= 0.3 is 0 Å². The van der Waals surface area contributed by atoms with Crippen LogP contribution >= 0.6 is 0 Å². The lowest BCUT2D eigenvalue weighted by atomic mass is 10.0. The standard InChI is InChI=1S/C17H19FN2O3/c1-10-8-14(22)11(9-12(10)18)15(20-23-17(2,3)4)16-13(21)6-5-7-19-16/h5-9,21-22H,1-4H3. The number of nitrogens with zero attached hydrogens (tertiary/aromatic N) is 2. The number of benzene rings is 1. The summed E-state index contributed by atoms with van der Waals surface area (Å²) < 4.78 is 13.9. The fourth-order valence-corrected chi connectivity index (χ4v) is 1.84. The van der Waals surface area contributed by atoms with Crippen LogP contribution in [0.4, 0.5) is 4.39 Å². The highest BCUT2D eigenvalue weighted by Crippen LogP contribution is 2.27. The lowest BCUT2D eigenvalue weighted by molar-refractivity contribution is 0.00108. The molecule has 0 atom stereocenters. The molecule has 0 unspecified atom stereocenters. The molecule has 23 heavy (non-hydrogen) atoms. The van der Waals surface area contributed by atoms with E-state index >= 15 is 0 Å². The van der Waals surface area contributed by atoms with Gasteiger partial charge in [0.1, 0.15) is 34.3 Å². The molecular weight excluding hydrogens is 299 g/mol. The first-order valence-corrected chi connectivity index (χ1v) is 7.09. The van der Waals surface area contributed by atoms with E-state index in [9.17, 15) is 14.6 Å². The quantitative estimate of drug-likeness (QED) is 0.671. The van der Waals surface area contributed by atoms with Crippen molar-refractivity contribution in [2.75, 3.05) is 0 Å². The predicted molar refractivity (Wildman–Crippen MR) is 85.2 cm³/mol. The molecular formula is C17H19FN2O3. The van der Waals surface area contributed by atoms with E-state index < -0.39 is 11.4 Å². The minimum absolute atomic E-state index is 0.0504. The van der Waals surface area contributed by atoms with Gasteiger partial charge in [0.05, 0.1) is 5.56 Å². The molecule has 6 heteroatoms. The van der Waals surface area contributed by atoms with Crippen LogP contribution in [0.5, 0.6) is 11.5 Å². The molecule has 1 heterocycles. The van der Waals surface area contributed by atoms with E-state index in [-0.39, 0.29) is 28.5 Å². The lowest BCUT2D eigenvalue weighted by Gasteiger charge is -2.18. The third-order valence-corrected chi connectivity index (χ3v) is 2.95. The highest BCUT2D eigenvalue weighted by atomic mass is 19.1. The monoisotopic (exact) mass is 318 g/mol. The van der Waals surface area contributed by atoms with Crippen molar-refractivity contribution in [1.82, 2.24) is 4.98 Å². The molecule has 0 fully saturated rings. The van der Waals surface area contributed by atoms with E-state index in [1.165, 1.54) is 18.3 Å². The number of aromatic hydroxyl groups is 2. The van der Waals surface area contributed by atoms with E-state index in [1.807, 2.05) is 0 Å². The second-order valence-corrected chi connectivity index (χ2v) is 6.13. The summed E-state index contributed by atoms with van der Waals surface area (Å²) in [4.78, 5) is 9.44. The first kappa shape index (κ1) is 16.7. The third-order valence-electron chi connectivity index (χ3n) is 2.95. The van der Waals surface area contributed by atoms with Crippen LogP contribution in [-0.4, -0.2) is 26.5 Å². The van der Waals surface area contributed by atoms with Crippen LogP contribution in [-0.2, 0) is 4.84 Å². The van der Waals surface area contributed by atoms with Crippen molar-refractivity contribution in [2.45, 2.75) is 33.3 Å². The first-order chi connectivity index (χ1) is 10.7. The van der Waals surface area contributed by atoms with Crippen LogP contribution in [0, 0.1) is 12.7 Å². The number of aromatic nitrogens is 1. The molecule has 1 aromatic carbocycles. The molecule has 2 N–H and O–H groups in total. The summed E-state index contributed by atoms with van der Waals surface area (Å²) in [6.07, 6.45) is 1.46. The van der Waals surface area contributed by atoms with Gasteiger partial charge in [0, 0.05) is 6.20 Å². The minimum Gasteiger partial charge on any atom is -0.507 e. The number of hydrogen-bond acceptors (Lipinski definition) is 5. The molecule has 5 nitrogen and oxygen atoms in total. The van der Waals surface area contributed by atoms with Gasteiger partial charge in [-0.2, -0.15) is 0 Å². The number of pyridine rings is 1. The van der Waals surface area contributed by atoms with Crippen molar-refractivity contribution >= 4 is 5.71 Å². The van der Waals surface area contributed by atoms with E-state index in [2.05, 4.69) is 10.1 Å². The highest BCUT2D eigenvalue weighted by Gasteiger charge is 2.21. The van der Waals surface area contributed by atoms with Gasteiger partial charge in [0.15, 0.2) is 0 Å². The fourth-order valence-electron chi connectivity index (χ4n) is 1.84. The second-order valence-electron chi connectivity index (χ2n) is 6.13. The van der Waals surface area contributed by atoms with Crippen LogP contribution in [0.2, 0.25) is 0 Å². The maximum atomic E-state index is 13.9. The molecule has 0 aliphatic carbocycles. The molecule has 1 aromatic heterocycles. The number of oxime groups is 1. The smallest absolute Gasteiger partial charge is 0.143 e. The number of phenols is 1. The van der Waals surface area contributed by atoms with Gasteiger partial charge in [-0.05, 0) is 57.5 Å². The molecule has 0 saturated carbocycles. The predicted octanol–water partition coefficient (Wildman–Crippen LogP) is 3.51. The van der Waals surface area contributed by atoms with Gasteiger partial charge in [-0.15, -0.1) is 0 Å². The zero-order valence-electron chi connectivity index (χ0n) is 13.5. The molecule has 0 spiro atoms. The fraction of sp³-hybridized carbons (Fsp3) is 0.294. The van der Waals surface area contributed by atoms with E-state index in [1.54, 1.807) is 33.8 Å². The number of rotatable bonds is 3. The van der Waals surface area contributed by atoms with Crippen molar-refractivity contribution in [2.24, 2.45) is 5.16 Å². The van der Waals surface area contributed by atoms with Crippen molar-refractivity contribution in [3.63, 3.8) is 0 Å². The first-order valence-electron chi connectivity index (χ1n) is 7.09. The Morgan fingerprint density at radius 3 is 2.52 bits per heavy atom. The summed E-state index contributed by atoms with van der Waals surface area (Å²) in [5.41, 5.74) is -0.0715. The topological polar surface area (TPSA) is 74.9 Å². The number of hydrogen-bond donors (Lipinski definition) is 2. The van der Waals surface area contributed by atoms with Crippen molar-refractivity contribution in [1.29, 1.82) is 0 Å². The van der Waals surface area contributed by atoms with Crippen molar-refractivity contribution in [3.05, 3.63) is 53.1 Å². The lowest BCUT2D eigenvalue weighted by Crippen LogP contribution is -2.18. The van der Waals surface area contributed by atoms with Crippen LogP contribution < -0.4 is 0 Å². The molecule has 0 bridgehead atoms. The average Bonchev–Trinajstić information content (AvgIpc) is 2.45. The Labute approximate surface area is 134 Å². The summed E-state index contributed by atoms with van der Waals surface area (Å²) in [5.74, 6) is -0.828. The zero-order valence-corrected chi connectivity index (χ0v) is 13.5. The van der Waals surface area contributed by atoms with Gasteiger partial charge in [-0.1, -0.05) is 5.16 Å².